The number of allylic oxidation sites excluding steroid dienone is 6. The number of H-pyrrole nitrogens is 1. The van der Waals surface area contributed by atoms with Gasteiger partial charge in [-0.2, -0.15) is 0 Å². The molecule has 3 aliphatic carbocycles. The summed E-state index contributed by atoms with van der Waals surface area (Å²) >= 11 is 0. The summed E-state index contributed by atoms with van der Waals surface area (Å²) in [5.41, 5.74) is 6.53. The number of dihydropyridines is 1. The van der Waals surface area contributed by atoms with E-state index in [0.29, 0.717) is 50.8 Å². The summed E-state index contributed by atoms with van der Waals surface area (Å²) in [4.78, 5) is 46.6. The van der Waals surface area contributed by atoms with Crippen LogP contribution in [0.5, 0.6) is 23.0 Å². The molecule has 3 aromatic carbocycles. The van der Waals surface area contributed by atoms with Crippen LogP contribution in [-0.2, 0) is 38.4 Å². The Labute approximate surface area is 426 Å². The molecule has 1 saturated carbocycles. The highest BCUT2D eigenvalue weighted by Crippen LogP contribution is 2.57. The number of esters is 1. The number of aliphatic hydroxyl groups excluding tert-OH is 1. The number of aromatic amines is 1. The molecule has 0 amide bonds. The van der Waals surface area contributed by atoms with Gasteiger partial charge in [0.1, 0.15) is 29.2 Å². The summed E-state index contributed by atoms with van der Waals surface area (Å²) in [6.45, 7) is 6.02. The standard InChI is InChI=1S/C60H68N4O9/c1-36-10-5-6-18-59(36)21-15-46(73-38(3)66)29-45(68)30-51(41-26-53(69)57(70)54(27-41)72-4)64-35-49-50(14-13-47-56(49)52(64)32-60(58(47)71)19-7-8-20-60)63(23-17-37(2)65)55-28-40(16-22-62-55)48(39-11-9-12-44(67)24-39)25-42-33-61-34-43(42)31-59/h5-6,9-14,16,18,24,26-28,33-36,46,48,51,58,61-62,67,69-71H,7-8,15,17,19-23,25,29-32H2,1-4H3/t36-,46-,48-,51+,58+,59+/m1/s1. The zero-order chi connectivity index (χ0) is 51.2. The Hall–Kier alpha value is -6.99. The van der Waals surface area contributed by atoms with Crippen molar-refractivity contribution in [1.82, 2.24) is 14.9 Å². The van der Waals surface area contributed by atoms with E-state index in [-0.39, 0.29) is 54.2 Å². The number of Topliss-reactive ketones (excluding diaryl/α,β-unsaturated/α-hetero) is 2. The zero-order valence-electron chi connectivity index (χ0n) is 42.3. The third kappa shape index (κ3) is 9.60. The molecule has 6 atom stereocenters. The van der Waals surface area contributed by atoms with Crippen molar-refractivity contribution in [3.63, 3.8) is 0 Å². The van der Waals surface area contributed by atoms with E-state index >= 15 is 4.79 Å². The minimum Gasteiger partial charge on any atom is -0.508 e. The molecule has 73 heavy (non-hydrogen) atoms. The minimum atomic E-state index is -0.745. The van der Waals surface area contributed by atoms with Crippen LogP contribution in [0, 0.1) is 16.7 Å². The maximum Gasteiger partial charge on any atom is 0.302 e. The number of aliphatic hydroxyl groups is 1. The number of rotatable bonds is 7. The highest BCUT2D eigenvalue weighted by Gasteiger charge is 2.47. The van der Waals surface area contributed by atoms with E-state index in [4.69, 9.17) is 9.47 Å². The number of aromatic hydroxyl groups is 3. The number of hydrogen-bond acceptors (Lipinski definition) is 11. The molecule has 4 bridgehead atoms. The minimum absolute atomic E-state index is 0.0279. The van der Waals surface area contributed by atoms with Gasteiger partial charge in [0.15, 0.2) is 11.5 Å². The predicted molar refractivity (Wildman–Crippen MR) is 281 cm³/mol. The van der Waals surface area contributed by atoms with Gasteiger partial charge in [-0.1, -0.05) is 68.3 Å². The molecular formula is C60H68N4O9. The maximum absolute atomic E-state index is 15.0. The Morgan fingerprint density at radius 2 is 1.73 bits per heavy atom. The number of methoxy groups -OCH3 is 1. The topological polar surface area (TPSA) is 187 Å². The van der Waals surface area contributed by atoms with Gasteiger partial charge in [-0.15, -0.1) is 0 Å². The lowest BCUT2D eigenvalue weighted by Crippen LogP contribution is -2.36. The number of ketones is 2. The van der Waals surface area contributed by atoms with E-state index < -0.39 is 46.5 Å². The van der Waals surface area contributed by atoms with Crippen LogP contribution < -0.4 is 15.0 Å². The summed E-state index contributed by atoms with van der Waals surface area (Å²) in [5, 5.41) is 51.0. The molecule has 6 N–H and O–H groups in total. The summed E-state index contributed by atoms with van der Waals surface area (Å²) in [6, 6.07) is 13.9. The van der Waals surface area contributed by atoms with Gasteiger partial charge in [0.2, 0.25) is 5.75 Å². The van der Waals surface area contributed by atoms with Crippen LogP contribution >= 0.6 is 0 Å². The van der Waals surface area contributed by atoms with Crippen molar-refractivity contribution in [2.75, 3.05) is 25.1 Å². The van der Waals surface area contributed by atoms with Crippen molar-refractivity contribution in [3.8, 4) is 23.0 Å². The van der Waals surface area contributed by atoms with Gasteiger partial charge in [0.05, 0.1) is 24.9 Å². The first-order chi connectivity index (χ1) is 35.2. The molecule has 10 rings (SSSR count). The number of aromatic nitrogens is 2. The maximum atomic E-state index is 15.0. The molecule has 2 aromatic heterocycles. The fourth-order valence-electron chi connectivity index (χ4n) is 13.0. The Bertz CT molecular complexity index is 3080. The summed E-state index contributed by atoms with van der Waals surface area (Å²) < 4.78 is 13.8. The smallest absolute Gasteiger partial charge is 0.302 e. The lowest BCUT2D eigenvalue weighted by Gasteiger charge is -2.40. The molecule has 1 fully saturated rings. The molecule has 13 heteroatoms. The van der Waals surface area contributed by atoms with Gasteiger partial charge < -0.3 is 49.7 Å². The van der Waals surface area contributed by atoms with Crippen molar-refractivity contribution in [3.05, 3.63) is 148 Å². The molecule has 13 nitrogen and oxygen atoms in total. The average molecular weight is 989 g/mol. The molecule has 2 spiro atoms. The van der Waals surface area contributed by atoms with Crippen LogP contribution in [0.4, 0.5) is 5.69 Å². The first kappa shape index (κ1) is 49.6. The van der Waals surface area contributed by atoms with Gasteiger partial charge in [0.25, 0.3) is 0 Å². The fourth-order valence-corrected chi connectivity index (χ4v) is 13.0. The van der Waals surface area contributed by atoms with Crippen molar-refractivity contribution >= 4 is 34.0 Å². The Morgan fingerprint density at radius 1 is 0.918 bits per heavy atom. The van der Waals surface area contributed by atoms with Gasteiger partial charge >= 0.3 is 5.97 Å². The monoisotopic (exact) mass is 988 g/mol. The molecule has 2 aliphatic heterocycles. The number of anilines is 1. The number of carbonyl (C=O) groups is 3. The average Bonchev–Trinajstić information content (AvgIpc) is 4.12. The molecule has 4 heterocycles. The first-order valence-electron chi connectivity index (χ1n) is 26.0. The quantitative estimate of drug-likeness (QED) is 0.0673. The van der Waals surface area contributed by atoms with E-state index in [1.54, 1.807) is 19.1 Å². The normalized spacial score (nSPS) is 25.0. The molecule has 5 aromatic rings. The molecule has 0 saturated heterocycles. The van der Waals surface area contributed by atoms with Gasteiger partial charge in [-0.3, -0.25) is 14.4 Å². The van der Waals surface area contributed by atoms with Crippen LogP contribution in [0.3, 0.4) is 0 Å². The summed E-state index contributed by atoms with van der Waals surface area (Å²) in [7, 11) is 1.42. The van der Waals surface area contributed by atoms with Crippen LogP contribution in [0.25, 0.3) is 10.8 Å². The van der Waals surface area contributed by atoms with Crippen molar-refractivity contribution in [1.29, 1.82) is 0 Å². The second kappa shape index (κ2) is 20.1. The van der Waals surface area contributed by atoms with Crippen molar-refractivity contribution in [2.45, 2.75) is 122 Å². The zero-order valence-corrected chi connectivity index (χ0v) is 42.3. The third-order valence-electron chi connectivity index (χ3n) is 16.9. The third-order valence-corrected chi connectivity index (χ3v) is 16.9. The lowest BCUT2D eigenvalue weighted by atomic mass is 9.66. The number of hydrogen-bond donors (Lipinski definition) is 6. The fraction of sp³-hybridized carbons (Fsp3) is 0.417. The second-order valence-electron chi connectivity index (χ2n) is 21.4. The molecule has 0 unspecified atom stereocenters. The van der Waals surface area contributed by atoms with E-state index in [0.717, 1.165) is 81.5 Å². The largest absolute Gasteiger partial charge is 0.508 e. The number of phenols is 3. The van der Waals surface area contributed by atoms with Crippen molar-refractivity contribution < 1.29 is 44.3 Å². The summed E-state index contributed by atoms with van der Waals surface area (Å²) in [5.74, 6) is -0.471. The van der Waals surface area contributed by atoms with Crippen LogP contribution in [-0.4, -0.2) is 73.8 Å². The number of fused-ring (bicyclic) bond motifs is 4. The number of phenolic OH excluding ortho intramolecular Hbond substituents is 3. The number of ether oxygens (including phenoxy) is 2. The van der Waals surface area contributed by atoms with Gasteiger partial charge in [-0.25, -0.2) is 0 Å². The van der Waals surface area contributed by atoms with Crippen LogP contribution in [0.1, 0.15) is 130 Å². The Morgan fingerprint density at radius 3 is 2.48 bits per heavy atom. The van der Waals surface area contributed by atoms with Gasteiger partial charge in [0, 0.05) is 85.7 Å². The second-order valence-corrected chi connectivity index (χ2v) is 21.4. The SMILES string of the molecule is COc1cc([C@@H]2CC(=O)C[C@H](OC(C)=O)CC[C@@]3(C=CC=C[C@H]3C)Cc3c[nH]cc3C[C@H](c3cccc(O)c3)C3=CCNC(=C3)N(CCC(C)=O)c3ccc4c5c(n2cc35)CC2(CCCC2)[C@H]4O)cc(O)c1O. The molecular weight excluding hydrogens is 921 g/mol. The Balaban J connectivity index is 1.21. The molecule has 5 aliphatic rings. The number of nitrogens with one attached hydrogen (secondary N) is 2. The Kier molecular flexibility index (Phi) is 13.7. The van der Waals surface area contributed by atoms with E-state index in [1.165, 1.54) is 20.1 Å². The number of nitrogens with zero attached hydrogens (tertiary/aromatic N) is 2. The lowest BCUT2D eigenvalue weighted by molar-refractivity contribution is -0.148. The predicted octanol–water partition coefficient (Wildman–Crippen LogP) is 10.4. The van der Waals surface area contributed by atoms with E-state index in [9.17, 15) is 30.0 Å². The van der Waals surface area contributed by atoms with Crippen LogP contribution in [0.15, 0.2) is 115 Å². The highest BCUT2D eigenvalue weighted by atomic mass is 16.5. The van der Waals surface area contributed by atoms with E-state index in [1.807, 2.05) is 24.3 Å². The molecule has 0 radical (unpaired) electrons. The highest BCUT2D eigenvalue weighted by molar-refractivity contribution is 6.00. The summed E-state index contributed by atoms with van der Waals surface area (Å²) in [6.07, 6.45) is 24.4. The number of benzene rings is 3. The van der Waals surface area contributed by atoms with Crippen molar-refractivity contribution in [2.24, 2.45) is 16.7 Å². The molecule has 382 valence electrons. The van der Waals surface area contributed by atoms with E-state index in [2.05, 4.69) is 87.8 Å². The number of carbonyl (C=O) groups excluding carboxylic acids is 3. The van der Waals surface area contributed by atoms with Gasteiger partial charge in [-0.05, 0) is 133 Å². The van der Waals surface area contributed by atoms with Crippen LogP contribution in [0.2, 0.25) is 0 Å². The first-order valence-corrected chi connectivity index (χ1v) is 26.0.